The quantitative estimate of drug-likeness (QED) is 0.786. The first kappa shape index (κ1) is 9.27. The summed E-state index contributed by atoms with van der Waals surface area (Å²) in [6, 6.07) is 5.36. The van der Waals surface area contributed by atoms with E-state index in [-0.39, 0.29) is 6.10 Å². The highest BCUT2D eigenvalue weighted by molar-refractivity contribution is 5.31. The lowest BCUT2D eigenvalue weighted by atomic mass is 10.2. The second-order valence-electron chi connectivity index (χ2n) is 3.35. The predicted molar refractivity (Wildman–Crippen MR) is 53.1 cm³/mol. The van der Waals surface area contributed by atoms with Gasteiger partial charge in [-0.15, -0.1) is 0 Å². The molecule has 1 aromatic heterocycles. The summed E-state index contributed by atoms with van der Waals surface area (Å²) in [4.78, 5) is 4.03. The number of pyridine rings is 1. The van der Waals surface area contributed by atoms with Crippen LogP contribution in [0.25, 0.3) is 0 Å². The molecule has 2 rings (SSSR count). The summed E-state index contributed by atoms with van der Waals surface area (Å²) in [5.74, 6) is 1.05. The Morgan fingerprint density at radius 3 is 3.21 bits per heavy atom. The molecule has 0 aromatic carbocycles. The molecule has 14 heavy (non-hydrogen) atoms. The molecule has 1 saturated heterocycles. The summed E-state index contributed by atoms with van der Waals surface area (Å²) in [5.41, 5.74) is 5.52. The Balaban J connectivity index is 1.85. The largest absolute Gasteiger partial charge is 0.475 e. The van der Waals surface area contributed by atoms with Crippen LogP contribution in [0.4, 0.5) is 5.82 Å². The van der Waals surface area contributed by atoms with Crippen LogP contribution >= 0.6 is 0 Å². The van der Waals surface area contributed by atoms with E-state index in [9.17, 15) is 0 Å². The van der Waals surface area contributed by atoms with Crippen molar-refractivity contribution in [1.29, 1.82) is 0 Å². The van der Waals surface area contributed by atoms with Gasteiger partial charge in [0.1, 0.15) is 12.4 Å². The molecule has 1 atom stereocenters. The molecule has 76 valence electrons. The van der Waals surface area contributed by atoms with Gasteiger partial charge in [0.05, 0.1) is 6.10 Å². The predicted octanol–water partition coefficient (Wildman–Crippen LogP) is 1.22. The molecule has 0 radical (unpaired) electrons. The zero-order valence-corrected chi connectivity index (χ0v) is 7.98. The molecule has 2 heterocycles. The molecule has 0 saturated carbocycles. The fourth-order valence-electron chi connectivity index (χ4n) is 1.47. The molecule has 4 heteroatoms. The van der Waals surface area contributed by atoms with Gasteiger partial charge < -0.3 is 15.2 Å². The topological polar surface area (TPSA) is 57.4 Å². The molecule has 2 N–H and O–H groups in total. The first-order chi connectivity index (χ1) is 6.84. The maximum Gasteiger partial charge on any atom is 0.215 e. The van der Waals surface area contributed by atoms with Gasteiger partial charge in [0.25, 0.3) is 0 Å². The van der Waals surface area contributed by atoms with Crippen molar-refractivity contribution in [3.8, 4) is 5.88 Å². The molecule has 0 spiro atoms. The van der Waals surface area contributed by atoms with Gasteiger partial charge in [-0.3, -0.25) is 0 Å². The SMILES string of the molecule is Nc1cccc(OCC2CCCO2)n1. The van der Waals surface area contributed by atoms with E-state index >= 15 is 0 Å². The zero-order chi connectivity index (χ0) is 9.80. The summed E-state index contributed by atoms with van der Waals surface area (Å²) < 4.78 is 10.9. The molecule has 0 aliphatic carbocycles. The third-order valence-electron chi connectivity index (χ3n) is 2.19. The smallest absolute Gasteiger partial charge is 0.215 e. The third-order valence-corrected chi connectivity index (χ3v) is 2.19. The van der Waals surface area contributed by atoms with Gasteiger partial charge in [-0.1, -0.05) is 6.07 Å². The number of aromatic nitrogens is 1. The maximum atomic E-state index is 5.52. The van der Waals surface area contributed by atoms with Crippen LogP contribution in [-0.4, -0.2) is 24.3 Å². The molecule has 1 unspecified atom stereocenters. The summed E-state index contributed by atoms with van der Waals surface area (Å²) >= 11 is 0. The van der Waals surface area contributed by atoms with E-state index in [0.717, 1.165) is 19.4 Å². The lowest BCUT2D eigenvalue weighted by Crippen LogP contribution is -2.16. The van der Waals surface area contributed by atoms with Crippen molar-refractivity contribution < 1.29 is 9.47 Å². The molecule has 1 fully saturated rings. The number of rotatable bonds is 3. The Morgan fingerprint density at radius 2 is 2.50 bits per heavy atom. The summed E-state index contributed by atoms with van der Waals surface area (Å²) in [6.07, 6.45) is 2.42. The summed E-state index contributed by atoms with van der Waals surface area (Å²) in [6.45, 7) is 1.41. The Bertz CT molecular complexity index is 298. The standard InChI is InChI=1S/C10H14N2O2/c11-9-4-1-5-10(12-9)14-7-8-3-2-6-13-8/h1,4-5,8H,2-3,6-7H2,(H2,11,12). The number of nitrogen functional groups attached to an aromatic ring is 1. The van der Waals surface area contributed by atoms with Crippen LogP contribution in [0.15, 0.2) is 18.2 Å². The normalized spacial score (nSPS) is 21.0. The van der Waals surface area contributed by atoms with E-state index in [4.69, 9.17) is 15.2 Å². The first-order valence-electron chi connectivity index (χ1n) is 4.81. The highest BCUT2D eigenvalue weighted by atomic mass is 16.5. The average molecular weight is 194 g/mol. The van der Waals surface area contributed by atoms with Crippen LogP contribution in [0.2, 0.25) is 0 Å². The number of ether oxygens (including phenoxy) is 2. The van der Waals surface area contributed by atoms with Gasteiger partial charge in [-0.25, -0.2) is 0 Å². The van der Waals surface area contributed by atoms with Gasteiger partial charge in [-0.05, 0) is 18.9 Å². The fourth-order valence-corrected chi connectivity index (χ4v) is 1.47. The van der Waals surface area contributed by atoms with E-state index in [2.05, 4.69) is 4.98 Å². The number of anilines is 1. The Labute approximate surface area is 83.0 Å². The molecule has 1 aliphatic rings. The number of hydrogen-bond acceptors (Lipinski definition) is 4. The Morgan fingerprint density at radius 1 is 1.57 bits per heavy atom. The van der Waals surface area contributed by atoms with E-state index < -0.39 is 0 Å². The number of nitrogens with zero attached hydrogens (tertiary/aromatic N) is 1. The average Bonchev–Trinajstić information content (AvgIpc) is 2.67. The monoisotopic (exact) mass is 194 g/mol. The van der Waals surface area contributed by atoms with Gasteiger partial charge in [0.2, 0.25) is 5.88 Å². The Hall–Kier alpha value is -1.29. The van der Waals surface area contributed by atoms with Crippen LogP contribution in [0.1, 0.15) is 12.8 Å². The minimum Gasteiger partial charge on any atom is -0.475 e. The molecule has 4 nitrogen and oxygen atoms in total. The number of hydrogen-bond donors (Lipinski definition) is 1. The highest BCUT2D eigenvalue weighted by Gasteiger charge is 2.16. The van der Waals surface area contributed by atoms with Gasteiger partial charge in [0.15, 0.2) is 0 Å². The van der Waals surface area contributed by atoms with E-state index in [1.165, 1.54) is 0 Å². The van der Waals surface area contributed by atoms with Crippen molar-refractivity contribution in [2.75, 3.05) is 18.9 Å². The van der Waals surface area contributed by atoms with Crippen molar-refractivity contribution in [1.82, 2.24) is 4.98 Å². The molecule has 0 amide bonds. The fraction of sp³-hybridized carbons (Fsp3) is 0.500. The second-order valence-corrected chi connectivity index (χ2v) is 3.35. The van der Waals surface area contributed by atoms with Crippen molar-refractivity contribution in [3.63, 3.8) is 0 Å². The van der Waals surface area contributed by atoms with Crippen LogP contribution in [0.5, 0.6) is 5.88 Å². The minimum absolute atomic E-state index is 0.221. The van der Waals surface area contributed by atoms with Crippen molar-refractivity contribution in [3.05, 3.63) is 18.2 Å². The lowest BCUT2D eigenvalue weighted by Gasteiger charge is -2.10. The van der Waals surface area contributed by atoms with Crippen LogP contribution in [0.3, 0.4) is 0 Å². The maximum absolute atomic E-state index is 5.52. The van der Waals surface area contributed by atoms with Crippen LogP contribution < -0.4 is 10.5 Å². The highest BCUT2D eigenvalue weighted by Crippen LogP contribution is 2.14. The van der Waals surface area contributed by atoms with E-state index in [1.807, 2.05) is 6.07 Å². The summed E-state index contributed by atoms with van der Waals surface area (Å²) in [5, 5.41) is 0. The second kappa shape index (κ2) is 4.28. The lowest BCUT2D eigenvalue weighted by molar-refractivity contribution is 0.0664. The molecular weight excluding hydrogens is 180 g/mol. The van der Waals surface area contributed by atoms with Gasteiger partial charge in [-0.2, -0.15) is 4.98 Å². The van der Waals surface area contributed by atoms with Crippen molar-refractivity contribution in [2.24, 2.45) is 0 Å². The van der Waals surface area contributed by atoms with Gasteiger partial charge >= 0.3 is 0 Å². The molecular formula is C10H14N2O2. The third kappa shape index (κ3) is 2.35. The molecule has 0 bridgehead atoms. The molecule has 1 aliphatic heterocycles. The minimum atomic E-state index is 0.221. The van der Waals surface area contributed by atoms with Crippen LogP contribution in [0, 0.1) is 0 Å². The zero-order valence-electron chi connectivity index (χ0n) is 7.98. The first-order valence-corrected chi connectivity index (χ1v) is 4.81. The van der Waals surface area contributed by atoms with Crippen molar-refractivity contribution >= 4 is 5.82 Å². The Kier molecular flexibility index (Phi) is 2.84. The van der Waals surface area contributed by atoms with Crippen LogP contribution in [-0.2, 0) is 4.74 Å². The van der Waals surface area contributed by atoms with Gasteiger partial charge in [0, 0.05) is 12.7 Å². The van der Waals surface area contributed by atoms with E-state index in [0.29, 0.717) is 18.3 Å². The van der Waals surface area contributed by atoms with Crippen molar-refractivity contribution in [2.45, 2.75) is 18.9 Å². The van der Waals surface area contributed by atoms with E-state index in [1.54, 1.807) is 12.1 Å². The number of nitrogens with two attached hydrogens (primary N) is 1. The summed E-state index contributed by atoms with van der Waals surface area (Å²) in [7, 11) is 0. The molecule has 1 aromatic rings.